The molecular weight excluding hydrogens is 516 g/mol. The highest BCUT2D eigenvalue weighted by molar-refractivity contribution is 7.09. The standard InChI is InChI=1S/C27H34N8O3S/c1-16(31-21-7-9-34(10-8-21)26(36)38-27(4,5)6)24(33-29)19-11-23(25-20(12-28)13-30-35(25)14-19)37-17(2)22-15-39-18(3)32-22/h11,13-15,17,21H,7-10,29H2,1-6H3/b31-16?,33-24+. The summed E-state index contributed by atoms with van der Waals surface area (Å²) < 4.78 is 13.4. The van der Waals surface area contributed by atoms with Crippen LogP contribution in [0.25, 0.3) is 5.52 Å². The van der Waals surface area contributed by atoms with Crippen LogP contribution in [0.15, 0.2) is 33.9 Å². The Balaban J connectivity index is 1.57. The molecule has 0 aliphatic carbocycles. The number of nitrogens with zero attached hydrogens (tertiary/aromatic N) is 7. The van der Waals surface area contributed by atoms with E-state index in [2.05, 4.69) is 21.3 Å². The summed E-state index contributed by atoms with van der Waals surface area (Å²) >= 11 is 1.55. The number of fused-ring (bicyclic) bond motifs is 1. The monoisotopic (exact) mass is 550 g/mol. The molecule has 11 nitrogen and oxygen atoms in total. The van der Waals surface area contributed by atoms with Crippen molar-refractivity contribution in [3.05, 3.63) is 45.7 Å². The van der Waals surface area contributed by atoms with Crippen LogP contribution in [-0.2, 0) is 4.74 Å². The first-order valence-corrected chi connectivity index (χ1v) is 13.7. The zero-order valence-electron chi connectivity index (χ0n) is 23.1. The van der Waals surface area contributed by atoms with Gasteiger partial charge < -0.3 is 20.2 Å². The lowest BCUT2D eigenvalue weighted by Crippen LogP contribution is -2.42. The van der Waals surface area contributed by atoms with Crippen LogP contribution in [0.4, 0.5) is 4.79 Å². The Kier molecular flexibility index (Phi) is 8.20. The molecule has 3 aromatic rings. The van der Waals surface area contributed by atoms with Crippen LogP contribution in [0.2, 0.25) is 0 Å². The molecular formula is C27H34N8O3S. The second kappa shape index (κ2) is 11.4. The predicted octanol–water partition coefficient (Wildman–Crippen LogP) is 4.63. The van der Waals surface area contributed by atoms with Crippen molar-refractivity contribution < 1.29 is 14.3 Å². The number of aliphatic imine (C=N–C) groups is 1. The Bertz CT molecular complexity index is 1450. The Hall–Kier alpha value is -3.98. The second-order valence-electron chi connectivity index (χ2n) is 10.5. The maximum atomic E-state index is 12.4. The van der Waals surface area contributed by atoms with E-state index in [1.807, 2.05) is 53.0 Å². The van der Waals surface area contributed by atoms with Crippen molar-refractivity contribution in [2.24, 2.45) is 15.9 Å². The van der Waals surface area contributed by atoms with Gasteiger partial charge in [-0.2, -0.15) is 15.5 Å². The van der Waals surface area contributed by atoms with E-state index in [9.17, 15) is 10.1 Å². The number of pyridine rings is 1. The Morgan fingerprint density at radius 3 is 2.64 bits per heavy atom. The lowest BCUT2D eigenvalue weighted by atomic mass is 10.0. The predicted molar refractivity (Wildman–Crippen MR) is 150 cm³/mol. The van der Waals surface area contributed by atoms with E-state index in [4.69, 9.17) is 20.3 Å². The normalized spacial score (nSPS) is 16.3. The molecule has 1 aliphatic heterocycles. The number of aryl methyl sites for hydroxylation is 1. The smallest absolute Gasteiger partial charge is 0.410 e. The summed E-state index contributed by atoms with van der Waals surface area (Å²) in [6.07, 6.45) is 4.02. The number of carbonyl (C=O) groups is 1. The number of rotatable bonds is 6. The topological polar surface area (TPSA) is 143 Å². The number of likely N-dealkylation sites (tertiary alicyclic amines) is 1. The zero-order chi connectivity index (χ0) is 28.3. The minimum Gasteiger partial charge on any atom is -0.482 e. The number of nitrogens with two attached hydrogens (primary N) is 1. The van der Waals surface area contributed by atoms with Crippen LogP contribution in [0.5, 0.6) is 5.75 Å². The molecule has 3 aromatic heterocycles. The summed E-state index contributed by atoms with van der Waals surface area (Å²) in [5, 5.41) is 21.0. The van der Waals surface area contributed by atoms with Crippen LogP contribution in [0, 0.1) is 18.3 Å². The number of amides is 1. The average Bonchev–Trinajstić information content (AvgIpc) is 3.50. The van der Waals surface area contributed by atoms with Crippen molar-refractivity contribution >= 4 is 34.4 Å². The van der Waals surface area contributed by atoms with E-state index in [1.165, 1.54) is 6.20 Å². The van der Waals surface area contributed by atoms with Crippen LogP contribution in [0.3, 0.4) is 0 Å². The number of ether oxygens (including phenoxy) is 2. The van der Waals surface area contributed by atoms with Gasteiger partial charge in [-0.3, -0.25) is 4.99 Å². The number of aromatic nitrogens is 3. The zero-order valence-corrected chi connectivity index (χ0v) is 23.9. The number of thiazole rings is 1. The fraction of sp³-hybridized carbons (Fsp3) is 0.481. The lowest BCUT2D eigenvalue weighted by Gasteiger charge is -2.32. The number of hydrogen-bond donors (Lipinski definition) is 1. The summed E-state index contributed by atoms with van der Waals surface area (Å²) in [6.45, 7) is 12.4. The van der Waals surface area contributed by atoms with E-state index >= 15 is 0 Å². The molecule has 1 amide bonds. The van der Waals surface area contributed by atoms with Crippen LogP contribution >= 0.6 is 11.3 Å². The van der Waals surface area contributed by atoms with Gasteiger partial charge in [0.2, 0.25) is 0 Å². The molecule has 0 radical (unpaired) electrons. The summed E-state index contributed by atoms with van der Waals surface area (Å²) in [5.41, 5.74) is 3.03. The van der Waals surface area contributed by atoms with Crippen molar-refractivity contribution in [2.75, 3.05) is 13.1 Å². The molecule has 206 valence electrons. The SMILES string of the molecule is CC(=NC1CCN(C(=O)OC(C)(C)C)CC1)/C(=N\N)c1cc(OC(C)c2csc(C)n2)c2c(C#N)cnn2c1. The number of hydrogen-bond acceptors (Lipinski definition) is 10. The third-order valence-corrected chi connectivity index (χ3v) is 7.08. The van der Waals surface area contributed by atoms with Gasteiger partial charge in [0, 0.05) is 30.2 Å². The van der Waals surface area contributed by atoms with Gasteiger partial charge >= 0.3 is 6.09 Å². The highest BCUT2D eigenvalue weighted by Crippen LogP contribution is 2.30. The molecule has 2 N–H and O–H groups in total. The number of piperidine rings is 1. The molecule has 1 aliphatic rings. The average molecular weight is 551 g/mol. The second-order valence-corrected chi connectivity index (χ2v) is 11.6. The summed E-state index contributed by atoms with van der Waals surface area (Å²) in [7, 11) is 0. The quantitative estimate of drug-likeness (QED) is 0.268. The fourth-order valence-electron chi connectivity index (χ4n) is 4.42. The van der Waals surface area contributed by atoms with E-state index in [0.717, 1.165) is 10.7 Å². The van der Waals surface area contributed by atoms with E-state index < -0.39 is 5.60 Å². The number of hydrazone groups is 1. The Labute approximate surface area is 231 Å². The van der Waals surface area contributed by atoms with Crippen molar-refractivity contribution in [1.82, 2.24) is 19.5 Å². The first-order valence-electron chi connectivity index (χ1n) is 12.8. The minimum atomic E-state index is -0.529. The van der Waals surface area contributed by atoms with Crippen LogP contribution in [-0.4, -0.2) is 61.7 Å². The van der Waals surface area contributed by atoms with Gasteiger partial charge in [0.1, 0.15) is 40.3 Å². The van der Waals surface area contributed by atoms with Crippen molar-refractivity contribution in [3.8, 4) is 11.8 Å². The van der Waals surface area contributed by atoms with Crippen LogP contribution < -0.4 is 10.6 Å². The number of carbonyl (C=O) groups excluding carboxylic acids is 1. The fourth-order valence-corrected chi connectivity index (χ4v) is 5.11. The van der Waals surface area contributed by atoms with Gasteiger partial charge in [0.05, 0.1) is 28.7 Å². The third kappa shape index (κ3) is 6.54. The van der Waals surface area contributed by atoms with Gasteiger partial charge in [-0.05, 0) is 60.5 Å². The van der Waals surface area contributed by atoms with Gasteiger partial charge in [-0.15, -0.1) is 11.3 Å². The first kappa shape index (κ1) is 28.0. The van der Waals surface area contributed by atoms with E-state index in [-0.39, 0.29) is 18.2 Å². The Morgan fingerprint density at radius 1 is 1.33 bits per heavy atom. The molecule has 0 saturated carbocycles. The lowest BCUT2D eigenvalue weighted by molar-refractivity contribution is 0.0207. The summed E-state index contributed by atoms with van der Waals surface area (Å²) in [5.74, 6) is 6.33. The molecule has 0 spiro atoms. The summed E-state index contributed by atoms with van der Waals surface area (Å²) in [6, 6.07) is 4.00. The van der Waals surface area contributed by atoms with E-state index in [0.29, 0.717) is 59.7 Å². The van der Waals surface area contributed by atoms with Gasteiger partial charge in [-0.25, -0.2) is 14.3 Å². The summed E-state index contributed by atoms with van der Waals surface area (Å²) in [4.78, 5) is 23.5. The third-order valence-electron chi connectivity index (χ3n) is 6.29. The maximum Gasteiger partial charge on any atom is 0.410 e. The van der Waals surface area contributed by atoms with Crippen molar-refractivity contribution in [3.63, 3.8) is 0 Å². The van der Waals surface area contributed by atoms with E-state index in [1.54, 1.807) is 26.9 Å². The van der Waals surface area contributed by atoms with Gasteiger partial charge in [0.25, 0.3) is 0 Å². The molecule has 39 heavy (non-hydrogen) atoms. The van der Waals surface area contributed by atoms with Crippen molar-refractivity contribution in [2.45, 2.75) is 72.1 Å². The van der Waals surface area contributed by atoms with Crippen molar-refractivity contribution in [1.29, 1.82) is 5.26 Å². The molecule has 1 unspecified atom stereocenters. The molecule has 4 heterocycles. The molecule has 0 aromatic carbocycles. The van der Waals surface area contributed by atoms with Gasteiger partial charge in [-0.1, -0.05) is 0 Å². The first-order chi connectivity index (χ1) is 18.5. The molecule has 1 saturated heterocycles. The van der Waals surface area contributed by atoms with Gasteiger partial charge in [0.15, 0.2) is 0 Å². The molecule has 12 heteroatoms. The molecule has 1 fully saturated rings. The highest BCUT2D eigenvalue weighted by Gasteiger charge is 2.27. The molecule has 4 rings (SSSR count). The molecule has 0 bridgehead atoms. The minimum absolute atomic E-state index is 0.0164. The highest BCUT2D eigenvalue weighted by atomic mass is 32.1. The number of nitriles is 1. The Morgan fingerprint density at radius 2 is 2.05 bits per heavy atom. The van der Waals surface area contributed by atoms with Crippen LogP contribution in [0.1, 0.15) is 75.4 Å². The molecule has 1 atom stereocenters. The maximum absolute atomic E-state index is 12.4. The largest absolute Gasteiger partial charge is 0.482 e.